The second kappa shape index (κ2) is 8.28. The molecule has 1 nitrogen and oxygen atoms in total. The third-order valence-corrected chi connectivity index (χ3v) is 3.32. The number of rotatable bonds is 8. The molecule has 0 aliphatic carbocycles. The van der Waals surface area contributed by atoms with Crippen molar-refractivity contribution in [3.8, 4) is 0 Å². The van der Waals surface area contributed by atoms with Crippen LogP contribution in [0.15, 0.2) is 0 Å². The van der Waals surface area contributed by atoms with Crippen LogP contribution in [0.3, 0.4) is 0 Å². The third kappa shape index (κ3) is 4.99. The summed E-state index contributed by atoms with van der Waals surface area (Å²) in [4.78, 5) is 2.59. The van der Waals surface area contributed by atoms with Gasteiger partial charge in [-0.05, 0) is 44.7 Å². The average molecular weight is 198 g/mol. The number of hydrogen-bond donors (Lipinski definition) is 0. The van der Waals surface area contributed by atoms with E-state index in [0.29, 0.717) is 0 Å². The summed E-state index contributed by atoms with van der Waals surface area (Å²) in [6.45, 7) is 13.7. The van der Waals surface area contributed by atoms with E-state index in [4.69, 9.17) is 0 Å². The van der Waals surface area contributed by atoms with Gasteiger partial charge in [0.25, 0.3) is 0 Å². The first-order chi connectivity index (χ1) is 6.69. The van der Waals surface area contributed by atoms with Crippen LogP contribution in [0.1, 0.15) is 53.9 Å². The van der Waals surface area contributed by atoms with Gasteiger partial charge in [-0.15, -0.1) is 0 Å². The summed E-state index contributed by atoms with van der Waals surface area (Å²) in [5.74, 6) is 0.777. The lowest BCUT2D eigenvalue weighted by atomic mass is 9.97. The molecule has 0 rings (SSSR count). The number of nitrogens with zero attached hydrogens (tertiary/aromatic N) is 1. The second-order valence-electron chi connectivity index (χ2n) is 4.17. The molecule has 0 saturated carbocycles. The van der Waals surface area contributed by atoms with Gasteiger partial charge < -0.3 is 4.90 Å². The fourth-order valence-electron chi connectivity index (χ4n) is 2.01. The molecule has 0 aromatic heterocycles. The van der Waals surface area contributed by atoms with Gasteiger partial charge in [0.2, 0.25) is 0 Å². The van der Waals surface area contributed by atoms with Gasteiger partial charge in [0.15, 0.2) is 0 Å². The predicted molar refractivity (Wildman–Crippen MR) is 65.4 cm³/mol. The molecule has 0 aliphatic rings. The Balaban J connectivity index is 3.88. The lowest BCUT2D eigenvalue weighted by Gasteiger charge is -2.29. The van der Waals surface area contributed by atoms with Gasteiger partial charge >= 0.3 is 0 Å². The fraction of sp³-hybridized carbons (Fsp3) is 0.923. The molecule has 0 aliphatic heterocycles. The van der Waals surface area contributed by atoms with Crippen molar-refractivity contribution in [2.24, 2.45) is 5.92 Å². The van der Waals surface area contributed by atoms with Crippen molar-refractivity contribution >= 4 is 0 Å². The van der Waals surface area contributed by atoms with Gasteiger partial charge in [0, 0.05) is 6.04 Å². The normalized spacial score (nSPS) is 15.9. The Morgan fingerprint density at radius 1 is 1.07 bits per heavy atom. The quantitative estimate of drug-likeness (QED) is 0.574. The highest BCUT2D eigenvalue weighted by atomic mass is 15.1. The van der Waals surface area contributed by atoms with Crippen LogP contribution in [-0.2, 0) is 0 Å². The molecule has 14 heavy (non-hydrogen) atoms. The summed E-state index contributed by atoms with van der Waals surface area (Å²) in [6, 6.07) is 0.799. The van der Waals surface area contributed by atoms with Gasteiger partial charge in [0.05, 0.1) is 0 Å². The van der Waals surface area contributed by atoms with Crippen LogP contribution in [0.5, 0.6) is 0 Å². The Labute approximate surface area is 90.9 Å². The summed E-state index contributed by atoms with van der Waals surface area (Å²) in [6.07, 6.45) is 6.29. The first-order valence-electron chi connectivity index (χ1n) is 6.22. The molecule has 0 N–H and O–H groups in total. The highest BCUT2D eigenvalue weighted by Crippen LogP contribution is 2.16. The van der Waals surface area contributed by atoms with Gasteiger partial charge in [0.1, 0.15) is 0 Å². The molecule has 0 aromatic rings. The van der Waals surface area contributed by atoms with Crippen molar-refractivity contribution in [3.63, 3.8) is 0 Å². The Bertz CT molecular complexity index is 118. The molecular weight excluding hydrogens is 170 g/mol. The van der Waals surface area contributed by atoms with E-state index in [1.54, 1.807) is 0 Å². The first kappa shape index (κ1) is 14.0. The van der Waals surface area contributed by atoms with Crippen molar-refractivity contribution in [2.75, 3.05) is 13.1 Å². The van der Waals surface area contributed by atoms with E-state index >= 15 is 0 Å². The first-order valence-corrected chi connectivity index (χ1v) is 6.22. The Hall–Kier alpha value is -0.0400. The summed E-state index contributed by atoms with van der Waals surface area (Å²) in [5, 5.41) is 0. The van der Waals surface area contributed by atoms with Crippen LogP contribution < -0.4 is 0 Å². The molecule has 1 heteroatoms. The van der Waals surface area contributed by atoms with Crippen LogP contribution in [0, 0.1) is 12.3 Å². The van der Waals surface area contributed by atoms with E-state index in [1.807, 2.05) is 0 Å². The fourth-order valence-corrected chi connectivity index (χ4v) is 2.01. The highest BCUT2D eigenvalue weighted by Gasteiger charge is 2.13. The zero-order valence-electron chi connectivity index (χ0n) is 10.7. The standard InChI is InChI=1S/C13H28N/c1-6-12(5)10-11-13(7-2)14(8-3)9-4/h6,12-13H,7-11H2,1-5H3. The zero-order valence-corrected chi connectivity index (χ0v) is 10.7. The Morgan fingerprint density at radius 2 is 1.64 bits per heavy atom. The summed E-state index contributed by atoms with van der Waals surface area (Å²) in [7, 11) is 0. The highest BCUT2D eigenvalue weighted by molar-refractivity contribution is 4.73. The van der Waals surface area contributed by atoms with Crippen LogP contribution in [-0.4, -0.2) is 24.0 Å². The maximum absolute atomic E-state index is 2.59. The lowest BCUT2D eigenvalue weighted by molar-refractivity contribution is 0.193. The van der Waals surface area contributed by atoms with Crippen LogP contribution in [0.2, 0.25) is 0 Å². The Morgan fingerprint density at radius 3 is 2.00 bits per heavy atom. The maximum Gasteiger partial charge on any atom is 0.00925 e. The van der Waals surface area contributed by atoms with Crippen molar-refractivity contribution in [3.05, 3.63) is 6.42 Å². The monoisotopic (exact) mass is 198 g/mol. The SMILES string of the molecule is C[CH]C(C)CCC(CC)N(CC)CC. The van der Waals surface area contributed by atoms with Gasteiger partial charge in [-0.1, -0.05) is 34.6 Å². The summed E-state index contributed by atoms with van der Waals surface area (Å²) in [5.41, 5.74) is 0. The molecule has 2 unspecified atom stereocenters. The third-order valence-electron chi connectivity index (χ3n) is 3.32. The molecular formula is C13H28N. The minimum Gasteiger partial charge on any atom is -0.301 e. The summed E-state index contributed by atoms with van der Waals surface area (Å²) >= 11 is 0. The summed E-state index contributed by atoms with van der Waals surface area (Å²) < 4.78 is 0. The molecule has 0 saturated heterocycles. The van der Waals surface area contributed by atoms with Crippen molar-refractivity contribution in [2.45, 2.75) is 59.9 Å². The van der Waals surface area contributed by atoms with Gasteiger partial charge in [-0.25, -0.2) is 0 Å². The minimum absolute atomic E-state index is 0.777. The van der Waals surface area contributed by atoms with Crippen molar-refractivity contribution < 1.29 is 0 Å². The molecule has 2 atom stereocenters. The smallest absolute Gasteiger partial charge is 0.00925 e. The minimum atomic E-state index is 0.777. The molecule has 0 fully saturated rings. The molecule has 85 valence electrons. The van der Waals surface area contributed by atoms with E-state index < -0.39 is 0 Å². The topological polar surface area (TPSA) is 3.24 Å². The number of hydrogen-bond acceptors (Lipinski definition) is 1. The van der Waals surface area contributed by atoms with E-state index in [0.717, 1.165) is 12.0 Å². The van der Waals surface area contributed by atoms with Gasteiger partial charge in [-0.3, -0.25) is 0 Å². The van der Waals surface area contributed by atoms with E-state index in [-0.39, 0.29) is 0 Å². The van der Waals surface area contributed by atoms with Crippen LogP contribution >= 0.6 is 0 Å². The van der Waals surface area contributed by atoms with E-state index in [9.17, 15) is 0 Å². The molecule has 1 radical (unpaired) electrons. The van der Waals surface area contributed by atoms with Gasteiger partial charge in [-0.2, -0.15) is 0 Å². The Kier molecular flexibility index (Phi) is 8.26. The molecule has 0 heterocycles. The second-order valence-corrected chi connectivity index (χ2v) is 4.17. The maximum atomic E-state index is 2.59. The van der Waals surface area contributed by atoms with E-state index in [1.165, 1.54) is 32.4 Å². The molecule has 0 amide bonds. The molecule has 0 bridgehead atoms. The van der Waals surface area contributed by atoms with Crippen molar-refractivity contribution in [1.82, 2.24) is 4.90 Å². The molecule has 0 spiro atoms. The van der Waals surface area contributed by atoms with Crippen LogP contribution in [0.25, 0.3) is 0 Å². The van der Waals surface area contributed by atoms with E-state index in [2.05, 4.69) is 45.9 Å². The largest absolute Gasteiger partial charge is 0.301 e. The van der Waals surface area contributed by atoms with Crippen LogP contribution in [0.4, 0.5) is 0 Å². The zero-order chi connectivity index (χ0) is 11.0. The van der Waals surface area contributed by atoms with Crippen molar-refractivity contribution in [1.29, 1.82) is 0 Å². The predicted octanol–water partition coefficient (Wildman–Crippen LogP) is 3.75. The molecule has 0 aromatic carbocycles. The average Bonchev–Trinajstić information content (AvgIpc) is 2.23. The lowest BCUT2D eigenvalue weighted by Crippen LogP contribution is -2.34.